The van der Waals surface area contributed by atoms with E-state index in [4.69, 9.17) is 5.11 Å². The number of hydrogen-bond acceptors (Lipinski definition) is 4. The standard InChI is InChI=1S/C12H14N2O5/c1-8-4-3-5-9(14(18)19)11(8)12(17)13(2)7-6-10(15)16/h3-5H,6-7H2,1-2H3,(H,15,16). The molecule has 0 aliphatic carbocycles. The minimum atomic E-state index is -1.03. The molecule has 0 heterocycles. The Kier molecular flexibility index (Phi) is 4.57. The lowest BCUT2D eigenvalue weighted by molar-refractivity contribution is -0.385. The SMILES string of the molecule is Cc1cccc([N+](=O)[O-])c1C(=O)N(C)CCC(=O)O. The van der Waals surface area contributed by atoms with Crippen molar-refractivity contribution in [3.63, 3.8) is 0 Å². The third-order valence-corrected chi connectivity index (χ3v) is 2.67. The minimum Gasteiger partial charge on any atom is -0.481 e. The second-order valence-corrected chi connectivity index (χ2v) is 4.10. The van der Waals surface area contributed by atoms with Gasteiger partial charge in [-0.2, -0.15) is 0 Å². The Labute approximate surface area is 109 Å². The van der Waals surface area contributed by atoms with Gasteiger partial charge in [0, 0.05) is 19.7 Å². The van der Waals surface area contributed by atoms with E-state index in [0.717, 1.165) is 0 Å². The highest BCUT2D eigenvalue weighted by molar-refractivity contribution is 5.99. The van der Waals surface area contributed by atoms with Gasteiger partial charge in [-0.15, -0.1) is 0 Å². The molecule has 1 rings (SSSR count). The number of benzene rings is 1. The van der Waals surface area contributed by atoms with Gasteiger partial charge in [0.05, 0.1) is 11.3 Å². The first-order valence-electron chi connectivity index (χ1n) is 5.56. The Balaban J connectivity index is 3.05. The number of nitro benzene ring substituents is 1. The first-order chi connectivity index (χ1) is 8.84. The predicted molar refractivity (Wildman–Crippen MR) is 67.0 cm³/mol. The van der Waals surface area contributed by atoms with Gasteiger partial charge >= 0.3 is 5.97 Å². The van der Waals surface area contributed by atoms with Crippen LogP contribution in [0.4, 0.5) is 5.69 Å². The molecular formula is C12H14N2O5. The molecule has 0 aliphatic rings. The monoisotopic (exact) mass is 266 g/mol. The number of carbonyl (C=O) groups excluding carboxylic acids is 1. The summed E-state index contributed by atoms with van der Waals surface area (Å²) in [5, 5.41) is 19.5. The van der Waals surface area contributed by atoms with E-state index >= 15 is 0 Å². The molecule has 1 aromatic rings. The molecule has 0 aliphatic heterocycles. The van der Waals surface area contributed by atoms with Crippen LogP contribution in [0, 0.1) is 17.0 Å². The molecule has 0 fully saturated rings. The molecule has 1 amide bonds. The smallest absolute Gasteiger partial charge is 0.305 e. The van der Waals surface area contributed by atoms with Crippen LogP contribution < -0.4 is 0 Å². The van der Waals surface area contributed by atoms with E-state index in [-0.39, 0.29) is 24.2 Å². The number of aryl methyl sites for hydroxylation is 1. The van der Waals surface area contributed by atoms with E-state index in [1.54, 1.807) is 13.0 Å². The Bertz CT molecular complexity index is 527. The fraction of sp³-hybridized carbons (Fsp3) is 0.333. The summed E-state index contributed by atoms with van der Waals surface area (Å²) in [6.07, 6.45) is -0.206. The van der Waals surface area contributed by atoms with Crippen LogP contribution in [0.15, 0.2) is 18.2 Å². The van der Waals surface area contributed by atoms with Gasteiger partial charge in [-0.1, -0.05) is 12.1 Å². The molecule has 0 atom stereocenters. The quantitative estimate of drug-likeness (QED) is 0.642. The summed E-state index contributed by atoms with van der Waals surface area (Å²) >= 11 is 0. The first-order valence-corrected chi connectivity index (χ1v) is 5.56. The van der Waals surface area contributed by atoms with Crippen molar-refractivity contribution in [3.05, 3.63) is 39.4 Å². The Morgan fingerprint density at radius 1 is 1.42 bits per heavy atom. The fourth-order valence-corrected chi connectivity index (χ4v) is 1.64. The van der Waals surface area contributed by atoms with Crippen LogP contribution in [0.25, 0.3) is 0 Å². The third kappa shape index (κ3) is 3.51. The van der Waals surface area contributed by atoms with Crippen LogP contribution in [0.2, 0.25) is 0 Å². The molecule has 0 aromatic heterocycles. The number of amides is 1. The lowest BCUT2D eigenvalue weighted by Crippen LogP contribution is -2.30. The number of rotatable bonds is 5. The summed E-state index contributed by atoms with van der Waals surface area (Å²) in [7, 11) is 1.42. The van der Waals surface area contributed by atoms with Crippen molar-refractivity contribution >= 4 is 17.6 Å². The van der Waals surface area contributed by atoms with E-state index in [9.17, 15) is 19.7 Å². The summed E-state index contributed by atoms with van der Waals surface area (Å²) in [6.45, 7) is 1.60. The van der Waals surface area contributed by atoms with Gasteiger partial charge in [-0.05, 0) is 12.5 Å². The second kappa shape index (κ2) is 5.94. The summed E-state index contributed by atoms with van der Waals surface area (Å²) in [4.78, 5) is 34.0. The van der Waals surface area contributed by atoms with Gasteiger partial charge < -0.3 is 10.0 Å². The summed E-state index contributed by atoms with van der Waals surface area (Å²) in [6, 6.07) is 4.36. The molecule has 0 saturated heterocycles. The summed E-state index contributed by atoms with van der Waals surface area (Å²) in [5.41, 5.74) is 0.217. The van der Waals surface area contributed by atoms with E-state index in [0.29, 0.717) is 5.56 Å². The zero-order valence-electron chi connectivity index (χ0n) is 10.6. The lowest BCUT2D eigenvalue weighted by Gasteiger charge is -2.17. The first kappa shape index (κ1) is 14.6. The van der Waals surface area contributed by atoms with Crippen molar-refractivity contribution in [2.24, 2.45) is 0 Å². The van der Waals surface area contributed by atoms with Gasteiger partial charge in [0.2, 0.25) is 0 Å². The van der Waals surface area contributed by atoms with E-state index < -0.39 is 16.8 Å². The van der Waals surface area contributed by atoms with Crippen LogP contribution in [0.5, 0.6) is 0 Å². The number of carbonyl (C=O) groups is 2. The molecular weight excluding hydrogens is 252 g/mol. The number of carboxylic acids is 1. The highest BCUT2D eigenvalue weighted by Crippen LogP contribution is 2.23. The number of nitrogens with zero attached hydrogens (tertiary/aromatic N) is 2. The zero-order chi connectivity index (χ0) is 14.6. The number of nitro groups is 1. The minimum absolute atomic E-state index is 0.000342. The van der Waals surface area contributed by atoms with Crippen molar-refractivity contribution < 1.29 is 19.6 Å². The van der Waals surface area contributed by atoms with E-state index in [2.05, 4.69) is 0 Å². The maximum atomic E-state index is 12.1. The van der Waals surface area contributed by atoms with Crippen LogP contribution in [-0.4, -0.2) is 40.4 Å². The molecule has 102 valence electrons. The molecule has 0 radical (unpaired) electrons. The topological polar surface area (TPSA) is 101 Å². The fourth-order valence-electron chi connectivity index (χ4n) is 1.64. The molecule has 1 N–H and O–H groups in total. The molecule has 7 heteroatoms. The Morgan fingerprint density at radius 3 is 2.58 bits per heavy atom. The van der Waals surface area contributed by atoms with Crippen molar-refractivity contribution in [3.8, 4) is 0 Å². The van der Waals surface area contributed by atoms with Crippen LogP contribution >= 0.6 is 0 Å². The van der Waals surface area contributed by atoms with Gasteiger partial charge in [0.15, 0.2) is 0 Å². The molecule has 19 heavy (non-hydrogen) atoms. The predicted octanol–water partition coefficient (Wildman–Crippen LogP) is 1.45. The van der Waals surface area contributed by atoms with Crippen LogP contribution in [0.1, 0.15) is 22.3 Å². The zero-order valence-corrected chi connectivity index (χ0v) is 10.6. The highest BCUT2D eigenvalue weighted by Gasteiger charge is 2.24. The highest BCUT2D eigenvalue weighted by atomic mass is 16.6. The Hall–Kier alpha value is -2.44. The van der Waals surface area contributed by atoms with Crippen LogP contribution in [0.3, 0.4) is 0 Å². The van der Waals surface area contributed by atoms with E-state index in [1.165, 1.54) is 24.1 Å². The lowest BCUT2D eigenvalue weighted by atomic mass is 10.1. The maximum Gasteiger partial charge on any atom is 0.305 e. The second-order valence-electron chi connectivity index (χ2n) is 4.10. The van der Waals surface area contributed by atoms with E-state index in [1.807, 2.05) is 0 Å². The normalized spacial score (nSPS) is 10.0. The molecule has 0 unspecified atom stereocenters. The van der Waals surface area contributed by atoms with Crippen molar-refractivity contribution in [1.82, 2.24) is 4.90 Å². The molecule has 0 bridgehead atoms. The average Bonchev–Trinajstić information content (AvgIpc) is 2.34. The maximum absolute atomic E-state index is 12.1. The van der Waals surface area contributed by atoms with Gasteiger partial charge in [0.25, 0.3) is 11.6 Å². The summed E-state index contributed by atoms with van der Waals surface area (Å²) in [5.74, 6) is -1.58. The number of aliphatic carboxylic acids is 1. The molecule has 1 aromatic carbocycles. The van der Waals surface area contributed by atoms with Crippen molar-refractivity contribution in [2.45, 2.75) is 13.3 Å². The number of carboxylic acid groups (broad SMARTS) is 1. The molecule has 0 spiro atoms. The number of hydrogen-bond donors (Lipinski definition) is 1. The van der Waals surface area contributed by atoms with Gasteiger partial charge in [0.1, 0.15) is 5.56 Å². The van der Waals surface area contributed by atoms with Gasteiger partial charge in [-0.3, -0.25) is 19.7 Å². The van der Waals surface area contributed by atoms with Crippen molar-refractivity contribution in [2.75, 3.05) is 13.6 Å². The largest absolute Gasteiger partial charge is 0.481 e. The van der Waals surface area contributed by atoms with Gasteiger partial charge in [-0.25, -0.2) is 0 Å². The average molecular weight is 266 g/mol. The van der Waals surface area contributed by atoms with Crippen molar-refractivity contribution in [1.29, 1.82) is 0 Å². The molecule has 7 nitrogen and oxygen atoms in total. The Morgan fingerprint density at radius 2 is 2.05 bits per heavy atom. The van der Waals surface area contributed by atoms with Crippen LogP contribution in [-0.2, 0) is 4.79 Å². The summed E-state index contributed by atoms with van der Waals surface area (Å²) < 4.78 is 0. The third-order valence-electron chi connectivity index (χ3n) is 2.67. The molecule has 0 saturated carbocycles.